The number of nitrogens with zero attached hydrogens (tertiary/aromatic N) is 5. The number of amides is 1. The van der Waals surface area contributed by atoms with Gasteiger partial charge < -0.3 is 20.1 Å². The first-order valence-corrected chi connectivity index (χ1v) is 12.4. The highest BCUT2D eigenvalue weighted by Gasteiger charge is 2.28. The van der Waals surface area contributed by atoms with Crippen LogP contribution in [0.4, 0.5) is 5.69 Å². The second kappa shape index (κ2) is 10.7. The fourth-order valence-electron chi connectivity index (χ4n) is 5.10. The van der Waals surface area contributed by atoms with Crippen molar-refractivity contribution in [1.29, 1.82) is 0 Å². The van der Waals surface area contributed by atoms with Crippen molar-refractivity contribution in [2.24, 2.45) is 0 Å². The molecule has 1 amide bonds. The zero-order valence-corrected chi connectivity index (χ0v) is 21.2. The van der Waals surface area contributed by atoms with Gasteiger partial charge in [0.05, 0.1) is 12.0 Å². The summed E-state index contributed by atoms with van der Waals surface area (Å²) in [5.41, 5.74) is 4.89. The molecule has 34 heavy (non-hydrogen) atoms. The van der Waals surface area contributed by atoms with E-state index in [4.69, 9.17) is 11.6 Å². The van der Waals surface area contributed by atoms with Crippen LogP contribution in [-0.4, -0.2) is 70.0 Å². The Morgan fingerprint density at radius 3 is 2.59 bits per heavy atom. The Labute approximate surface area is 206 Å². The third-order valence-electron chi connectivity index (χ3n) is 7.02. The van der Waals surface area contributed by atoms with Crippen LogP contribution in [0.5, 0.6) is 0 Å². The molecule has 1 fully saturated rings. The Morgan fingerprint density at radius 2 is 1.88 bits per heavy atom. The monoisotopic (exact) mass is 483 g/mol. The van der Waals surface area contributed by atoms with Gasteiger partial charge in [-0.3, -0.25) is 4.79 Å². The molecule has 2 heterocycles. The second-order valence-corrected chi connectivity index (χ2v) is 9.67. The molecule has 1 aliphatic rings. The highest BCUT2D eigenvalue weighted by molar-refractivity contribution is 6.31. The van der Waals surface area contributed by atoms with E-state index in [0.717, 1.165) is 41.8 Å². The first-order chi connectivity index (χ1) is 16.4. The smallest absolute Gasteiger partial charge is 0.251 e. The molecule has 182 valence electrons. The van der Waals surface area contributed by atoms with Crippen molar-refractivity contribution < 1.29 is 4.79 Å². The van der Waals surface area contributed by atoms with Crippen molar-refractivity contribution in [1.82, 2.24) is 30.2 Å². The van der Waals surface area contributed by atoms with Crippen LogP contribution < -0.4 is 10.2 Å². The van der Waals surface area contributed by atoms with Crippen molar-refractivity contribution >= 4 is 34.4 Å². The van der Waals surface area contributed by atoms with E-state index in [1.165, 1.54) is 19.2 Å². The molecule has 0 atom stereocenters. The van der Waals surface area contributed by atoms with E-state index in [0.29, 0.717) is 41.3 Å². The molecule has 0 saturated heterocycles. The number of carbonyl (C=O) groups excluding carboxylic acids is 1. The van der Waals surface area contributed by atoms with Crippen molar-refractivity contribution in [3.05, 3.63) is 46.6 Å². The molecule has 2 N–H and O–H groups in total. The summed E-state index contributed by atoms with van der Waals surface area (Å²) in [5.74, 6) is -0.124. The van der Waals surface area contributed by atoms with Gasteiger partial charge in [-0.25, -0.2) is 15.0 Å². The number of aromatic nitrogens is 4. The van der Waals surface area contributed by atoms with Crippen LogP contribution in [0.2, 0.25) is 5.02 Å². The highest BCUT2D eigenvalue weighted by Crippen LogP contribution is 2.34. The van der Waals surface area contributed by atoms with E-state index in [1.54, 1.807) is 12.4 Å². The normalized spacial score (nSPS) is 18.4. The van der Waals surface area contributed by atoms with Crippen molar-refractivity contribution in [2.45, 2.75) is 58.0 Å². The van der Waals surface area contributed by atoms with Crippen LogP contribution in [0.25, 0.3) is 11.2 Å². The minimum absolute atomic E-state index is 0.124. The highest BCUT2D eigenvalue weighted by atomic mass is 35.5. The van der Waals surface area contributed by atoms with Gasteiger partial charge in [0.2, 0.25) is 0 Å². The van der Waals surface area contributed by atoms with Gasteiger partial charge in [-0.2, -0.15) is 0 Å². The Hall–Kier alpha value is -2.71. The van der Waals surface area contributed by atoms with Gasteiger partial charge in [-0.05, 0) is 71.3 Å². The van der Waals surface area contributed by atoms with Gasteiger partial charge in [0, 0.05) is 47.9 Å². The predicted molar refractivity (Wildman–Crippen MR) is 137 cm³/mol. The molecule has 1 saturated carbocycles. The van der Waals surface area contributed by atoms with Gasteiger partial charge in [0.1, 0.15) is 11.8 Å². The van der Waals surface area contributed by atoms with Crippen molar-refractivity contribution in [2.75, 3.05) is 32.1 Å². The molecular formula is C25H34ClN7O. The van der Waals surface area contributed by atoms with Gasteiger partial charge in [-0.1, -0.05) is 11.6 Å². The average molecular weight is 484 g/mol. The van der Waals surface area contributed by atoms with E-state index in [9.17, 15) is 4.79 Å². The van der Waals surface area contributed by atoms with Gasteiger partial charge in [0.25, 0.3) is 5.91 Å². The van der Waals surface area contributed by atoms with Gasteiger partial charge in [0.15, 0.2) is 5.65 Å². The van der Waals surface area contributed by atoms with Crippen LogP contribution >= 0.6 is 11.6 Å². The Bertz CT molecular complexity index is 1140. The van der Waals surface area contributed by atoms with Crippen molar-refractivity contribution in [3.63, 3.8) is 0 Å². The van der Waals surface area contributed by atoms with Crippen molar-refractivity contribution in [3.8, 4) is 0 Å². The predicted octanol–water partition coefficient (Wildman–Crippen LogP) is 3.99. The number of aromatic amines is 1. The number of rotatable bonds is 8. The molecule has 2 aromatic heterocycles. The van der Waals surface area contributed by atoms with E-state index in [2.05, 4.69) is 56.1 Å². The van der Waals surface area contributed by atoms with Crippen LogP contribution in [0.15, 0.2) is 24.8 Å². The van der Waals surface area contributed by atoms with E-state index in [1.807, 2.05) is 13.0 Å². The van der Waals surface area contributed by atoms with Gasteiger partial charge in [-0.15, -0.1) is 0 Å². The maximum absolute atomic E-state index is 13.1. The summed E-state index contributed by atoms with van der Waals surface area (Å²) >= 11 is 6.51. The molecule has 1 aliphatic carbocycles. The Balaban J connectivity index is 1.46. The SMILES string of the molecule is CCN(c1cc(Cl)cc(C(=O)NCCc2ncnc3[nH]cnc23)c1C)[C@H]1CC[C@H](N(C)C)CC1. The molecule has 3 aromatic rings. The van der Waals surface area contributed by atoms with Crippen LogP contribution in [-0.2, 0) is 6.42 Å². The average Bonchev–Trinajstić information content (AvgIpc) is 3.31. The fourth-order valence-corrected chi connectivity index (χ4v) is 5.31. The molecule has 1 aromatic carbocycles. The largest absolute Gasteiger partial charge is 0.369 e. The Morgan fingerprint density at radius 1 is 1.15 bits per heavy atom. The molecule has 9 heteroatoms. The lowest BCUT2D eigenvalue weighted by atomic mass is 9.89. The van der Waals surface area contributed by atoms with Gasteiger partial charge >= 0.3 is 0 Å². The lowest BCUT2D eigenvalue weighted by Crippen LogP contribution is -2.42. The summed E-state index contributed by atoms with van der Waals surface area (Å²) in [6, 6.07) is 4.88. The summed E-state index contributed by atoms with van der Waals surface area (Å²) in [6.45, 7) is 5.53. The van der Waals surface area contributed by atoms with E-state index in [-0.39, 0.29) is 5.91 Å². The molecule has 0 radical (unpaired) electrons. The minimum Gasteiger partial charge on any atom is -0.369 e. The number of hydrogen-bond acceptors (Lipinski definition) is 6. The summed E-state index contributed by atoms with van der Waals surface area (Å²) in [7, 11) is 4.33. The lowest BCUT2D eigenvalue weighted by molar-refractivity contribution is 0.0953. The Kier molecular flexibility index (Phi) is 7.68. The summed E-state index contributed by atoms with van der Waals surface area (Å²) in [6.07, 6.45) is 8.34. The summed E-state index contributed by atoms with van der Waals surface area (Å²) < 4.78 is 0. The third-order valence-corrected chi connectivity index (χ3v) is 7.24. The molecule has 0 spiro atoms. The quantitative estimate of drug-likeness (QED) is 0.503. The summed E-state index contributed by atoms with van der Waals surface area (Å²) in [5, 5.41) is 3.62. The molecule has 4 rings (SSSR count). The maximum atomic E-state index is 13.1. The number of nitrogens with one attached hydrogen (secondary N) is 2. The fraction of sp³-hybridized carbons (Fsp3) is 0.520. The second-order valence-electron chi connectivity index (χ2n) is 9.24. The van der Waals surface area contributed by atoms with E-state index < -0.39 is 0 Å². The van der Waals surface area contributed by atoms with Crippen LogP contribution in [0, 0.1) is 6.92 Å². The number of fused-ring (bicyclic) bond motifs is 1. The zero-order valence-electron chi connectivity index (χ0n) is 20.4. The number of H-pyrrole nitrogens is 1. The third kappa shape index (κ3) is 5.18. The van der Waals surface area contributed by atoms with E-state index >= 15 is 0 Å². The number of anilines is 1. The maximum Gasteiger partial charge on any atom is 0.251 e. The first-order valence-electron chi connectivity index (χ1n) is 12.0. The number of imidazole rings is 1. The molecule has 0 unspecified atom stereocenters. The van der Waals surface area contributed by atoms with Crippen LogP contribution in [0.3, 0.4) is 0 Å². The number of carbonyl (C=O) groups is 1. The lowest BCUT2D eigenvalue weighted by Gasteiger charge is -2.40. The zero-order chi connectivity index (χ0) is 24.2. The number of hydrogen-bond donors (Lipinski definition) is 2. The molecule has 0 bridgehead atoms. The minimum atomic E-state index is -0.124. The molecule has 0 aliphatic heterocycles. The number of halogens is 1. The van der Waals surface area contributed by atoms with Crippen LogP contribution in [0.1, 0.15) is 54.2 Å². The molecule has 8 nitrogen and oxygen atoms in total. The number of benzene rings is 1. The topological polar surface area (TPSA) is 90.0 Å². The first kappa shape index (κ1) is 24.4. The standard InChI is InChI=1S/C25H34ClN7O/c1-5-33(19-8-6-18(7-9-19)32(3)4)22-13-17(26)12-20(16(22)2)25(34)27-11-10-21-23-24(30-14-28-21)31-15-29-23/h12-15,18-19H,5-11H2,1-4H3,(H,27,34)(H,28,29,30,31)/t18-,19-. The molecular weight excluding hydrogens is 450 g/mol. The summed E-state index contributed by atoms with van der Waals surface area (Å²) in [4.78, 5) is 33.6.